The molecule has 27 heavy (non-hydrogen) atoms. The molecule has 148 valence electrons. The van der Waals surface area contributed by atoms with Gasteiger partial charge in [0.25, 0.3) is 0 Å². The third-order valence-electron chi connectivity index (χ3n) is 8.28. The molecule has 0 aliphatic heterocycles. The zero-order valence-electron chi connectivity index (χ0n) is 16.5. The van der Waals surface area contributed by atoms with Gasteiger partial charge in [-0.1, -0.05) is 26.3 Å². The summed E-state index contributed by atoms with van der Waals surface area (Å²) in [5.74, 6) is -0.205. The average Bonchev–Trinajstić information content (AvgIpc) is 2.86. The number of aliphatic hydroxyl groups excluding tert-OH is 1. The number of allylic oxidation sites excluding steroid dienone is 1. The van der Waals surface area contributed by atoms with Crippen molar-refractivity contribution in [3.63, 3.8) is 0 Å². The normalized spacial score (nSPS) is 46.2. The van der Waals surface area contributed by atoms with Crippen LogP contribution in [0.1, 0.15) is 65.7 Å². The maximum absolute atomic E-state index is 13.1. The SMILES string of the molecule is CCC(=O)O[C@H]1CC[C@@]2(C)C(=CC(=O)[C@H]3[C@@H]4CC(=O)[C@H](O)[C@@]4(C)CC[C@@H]32)C1. The van der Waals surface area contributed by atoms with Crippen LogP contribution in [-0.2, 0) is 19.1 Å². The standard InChI is InChI=1S/C22H30O5/c1-4-18(25)27-13-5-7-21(2)12(9-13)10-16(23)19-14(21)6-8-22(3)15(19)11-17(24)20(22)26/h10,13-15,19-20,26H,4-9,11H2,1-3H3/t13-,14-,15-,19+,20-,21-,22-/m0/s1. The number of ether oxygens (including phenoxy) is 1. The molecule has 4 rings (SSSR count). The van der Waals surface area contributed by atoms with Gasteiger partial charge in [-0.15, -0.1) is 0 Å². The number of aliphatic hydroxyl groups is 1. The summed E-state index contributed by atoms with van der Waals surface area (Å²) < 4.78 is 5.55. The fourth-order valence-electron chi connectivity index (χ4n) is 6.52. The molecule has 5 heteroatoms. The number of rotatable bonds is 2. The van der Waals surface area contributed by atoms with Crippen LogP contribution in [-0.4, -0.2) is 34.9 Å². The molecule has 0 saturated heterocycles. The van der Waals surface area contributed by atoms with Gasteiger partial charge in [-0.2, -0.15) is 0 Å². The number of ketones is 2. The van der Waals surface area contributed by atoms with E-state index in [1.165, 1.54) is 0 Å². The minimum Gasteiger partial charge on any atom is -0.462 e. The summed E-state index contributed by atoms with van der Waals surface area (Å²) in [5.41, 5.74) is 0.567. The second-order valence-corrected chi connectivity index (χ2v) is 9.55. The van der Waals surface area contributed by atoms with Gasteiger partial charge in [0.2, 0.25) is 0 Å². The molecule has 0 unspecified atom stereocenters. The van der Waals surface area contributed by atoms with Gasteiger partial charge in [0.05, 0.1) is 0 Å². The molecular formula is C22H30O5. The Labute approximate surface area is 160 Å². The summed E-state index contributed by atoms with van der Waals surface area (Å²) in [4.78, 5) is 37.0. The quantitative estimate of drug-likeness (QED) is 0.752. The van der Waals surface area contributed by atoms with Crippen molar-refractivity contribution in [3.8, 4) is 0 Å². The predicted molar refractivity (Wildman–Crippen MR) is 98.7 cm³/mol. The van der Waals surface area contributed by atoms with Crippen molar-refractivity contribution in [2.45, 2.75) is 77.9 Å². The predicted octanol–water partition coefficient (Wildman–Crippen LogP) is 2.99. The molecule has 0 amide bonds. The maximum Gasteiger partial charge on any atom is 0.305 e. The molecule has 0 aromatic rings. The highest BCUT2D eigenvalue weighted by atomic mass is 16.5. The van der Waals surface area contributed by atoms with Gasteiger partial charge in [-0.05, 0) is 49.0 Å². The number of esters is 1. The third kappa shape index (κ3) is 2.65. The molecule has 7 atom stereocenters. The summed E-state index contributed by atoms with van der Waals surface area (Å²) in [5, 5.41) is 10.4. The van der Waals surface area contributed by atoms with Crippen molar-refractivity contribution in [1.29, 1.82) is 0 Å². The molecule has 0 radical (unpaired) electrons. The van der Waals surface area contributed by atoms with E-state index in [9.17, 15) is 19.5 Å². The summed E-state index contributed by atoms with van der Waals surface area (Å²) in [6, 6.07) is 0. The third-order valence-corrected chi connectivity index (χ3v) is 8.28. The van der Waals surface area contributed by atoms with Gasteiger partial charge < -0.3 is 9.84 Å². The molecule has 1 N–H and O–H groups in total. The number of hydrogen-bond acceptors (Lipinski definition) is 5. The summed E-state index contributed by atoms with van der Waals surface area (Å²) in [6.07, 6.45) is 5.41. The van der Waals surface area contributed by atoms with Crippen molar-refractivity contribution in [2.75, 3.05) is 0 Å². The largest absolute Gasteiger partial charge is 0.462 e. The molecule has 0 aromatic heterocycles. The Balaban J connectivity index is 1.64. The topological polar surface area (TPSA) is 80.7 Å². The van der Waals surface area contributed by atoms with Crippen LogP contribution in [0.4, 0.5) is 0 Å². The van der Waals surface area contributed by atoms with Crippen molar-refractivity contribution in [2.24, 2.45) is 28.6 Å². The highest BCUT2D eigenvalue weighted by molar-refractivity contribution is 5.96. The number of hydrogen-bond donors (Lipinski definition) is 1. The Morgan fingerprint density at radius 2 is 1.93 bits per heavy atom. The van der Waals surface area contributed by atoms with E-state index in [1.807, 2.05) is 6.92 Å². The first-order valence-corrected chi connectivity index (χ1v) is 10.4. The Hall–Kier alpha value is -1.49. The summed E-state index contributed by atoms with van der Waals surface area (Å²) >= 11 is 0. The van der Waals surface area contributed by atoms with Crippen LogP contribution in [0.15, 0.2) is 11.6 Å². The van der Waals surface area contributed by atoms with E-state index in [0.29, 0.717) is 19.3 Å². The molecule has 3 saturated carbocycles. The molecule has 0 aromatic carbocycles. The smallest absolute Gasteiger partial charge is 0.305 e. The van der Waals surface area contributed by atoms with Crippen molar-refractivity contribution < 1.29 is 24.2 Å². The van der Waals surface area contributed by atoms with E-state index < -0.39 is 11.5 Å². The maximum atomic E-state index is 13.1. The van der Waals surface area contributed by atoms with Crippen LogP contribution in [0.2, 0.25) is 0 Å². The van der Waals surface area contributed by atoms with Crippen molar-refractivity contribution >= 4 is 17.5 Å². The van der Waals surface area contributed by atoms with Crippen LogP contribution in [0.5, 0.6) is 0 Å². The van der Waals surface area contributed by atoms with E-state index in [-0.39, 0.29) is 46.8 Å². The monoisotopic (exact) mass is 374 g/mol. The van der Waals surface area contributed by atoms with Crippen LogP contribution >= 0.6 is 0 Å². The van der Waals surface area contributed by atoms with E-state index >= 15 is 0 Å². The minimum atomic E-state index is -0.932. The first-order chi connectivity index (χ1) is 12.7. The first-order valence-electron chi connectivity index (χ1n) is 10.4. The Kier molecular flexibility index (Phi) is 4.37. The molecule has 4 aliphatic carbocycles. The molecule has 5 nitrogen and oxygen atoms in total. The van der Waals surface area contributed by atoms with Gasteiger partial charge in [0, 0.05) is 30.6 Å². The number of Topliss-reactive ketones (excluding diaryl/α,β-unsaturated/α-hetero) is 1. The average molecular weight is 374 g/mol. The number of carbonyl (C=O) groups excluding carboxylic acids is 3. The van der Waals surface area contributed by atoms with Crippen molar-refractivity contribution in [1.82, 2.24) is 0 Å². The van der Waals surface area contributed by atoms with Gasteiger partial charge >= 0.3 is 5.97 Å². The van der Waals surface area contributed by atoms with Crippen LogP contribution < -0.4 is 0 Å². The fraction of sp³-hybridized carbons (Fsp3) is 0.773. The highest BCUT2D eigenvalue weighted by Crippen LogP contribution is 2.63. The van der Waals surface area contributed by atoms with Crippen molar-refractivity contribution in [3.05, 3.63) is 11.6 Å². The molecule has 4 aliphatic rings. The van der Waals surface area contributed by atoms with Crippen LogP contribution in [0.3, 0.4) is 0 Å². The van der Waals surface area contributed by atoms with E-state index in [1.54, 1.807) is 13.0 Å². The lowest BCUT2D eigenvalue weighted by Crippen LogP contribution is -2.54. The van der Waals surface area contributed by atoms with Gasteiger partial charge in [0.15, 0.2) is 11.6 Å². The molecule has 0 bridgehead atoms. The van der Waals surface area contributed by atoms with Crippen LogP contribution in [0, 0.1) is 28.6 Å². The van der Waals surface area contributed by atoms with E-state index in [4.69, 9.17) is 4.74 Å². The first kappa shape index (κ1) is 18.9. The summed E-state index contributed by atoms with van der Waals surface area (Å²) in [7, 11) is 0. The zero-order chi connectivity index (χ0) is 19.6. The van der Waals surface area contributed by atoms with E-state index in [0.717, 1.165) is 31.3 Å². The lowest BCUT2D eigenvalue weighted by Gasteiger charge is -2.56. The lowest BCUT2D eigenvalue weighted by molar-refractivity contribution is -0.151. The number of fused-ring (bicyclic) bond motifs is 5. The van der Waals surface area contributed by atoms with Gasteiger partial charge in [-0.3, -0.25) is 14.4 Å². The lowest BCUT2D eigenvalue weighted by atomic mass is 9.47. The van der Waals surface area contributed by atoms with Gasteiger partial charge in [0.1, 0.15) is 12.2 Å². The molecular weight excluding hydrogens is 344 g/mol. The van der Waals surface area contributed by atoms with E-state index in [2.05, 4.69) is 6.92 Å². The molecule has 0 heterocycles. The molecule has 3 fully saturated rings. The fourth-order valence-corrected chi connectivity index (χ4v) is 6.52. The second kappa shape index (κ2) is 6.26. The van der Waals surface area contributed by atoms with Crippen LogP contribution in [0.25, 0.3) is 0 Å². The molecule has 0 spiro atoms. The number of carbonyl (C=O) groups is 3. The highest BCUT2D eigenvalue weighted by Gasteiger charge is 2.63. The van der Waals surface area contributed by atoms with Gasteiger partial charge in [-0.25, -0.2) is 0 Å². The summed E-state index contributed by atoms with van der Waals surface area (Å²) in [6.45, 7) is 6.02. The minimum absolute atomic E-state index is 0.0588. The Bertz CT molecular complexity index is 724. The second-order valence-electron chi connectivity index (χ2n) is 9.55. The Morgan fingerprint density at radius 1 is 1.19 bits per heavy atom. The zero-order valence-corrected chi connectivity index (χ0v) is 16.5. The Morgan fingerprint density at radius 3 is 2.63 bits per heavy atom.